The Labute approximate surface area is 131 Å². The fourth-order valence-electron chi connectivity index (χ4n) is 2.72. The summed E-state index contributed by atoms with van der Waals surface area (Å²) < 4.78 is 0. The number of aliphatic hydroxyl groups is 1. The van der Waals surface area contributed by atoms with Crippen LogP contribution in [0.25, 0.3) is 0 Å². The van der Waals surface area contributed by atoms with Gasteiger partial charge in [0.15, 0.2) is 0 Å². The summed E-state index contributed by atoms with van der Waals surface area (Å²) in [7, 11) is 0. The summed E-state index contributed by atoms with van der Waals surface area (Å²) in [4.78, 5) is 12.1. The minimum atomic E-state index is 0.0332. The molecule has 0 fully saturated rings. The van der Waals surface area contributed by atoms with Gasteiger partial charge in [-0.15, -0.1) is 0 Å². The molecule has 0 spiro atoms. The van der Waals surface area contributed by atoms with Crippen molar-refractivity contribution in [2.75, 3.05) is 13.2 Å². The highest BCUT2D eigenvalue weighted by Gasteiger charge is 2.17. The van der Waals surface area contributed by atoms with Crippen molar-refractivity contribution in [3.63, 3.8) is 0 Å². The van der Waals surface area contributed by atoms with Gasteiger partial charge in [-0.3, -0.25) is 4.79 Å². The quantitative estimate of drug-likeness (QED) is 0.439. The highest BCUT2D eigenvalue weighted by Crippen LogP contribution is 2.19. The molecule has 0 rings (SSSR count). The highest BCUT2D eigenvalue weighted by molar-refractivity contribution is 5.78. The summed E-state index contributed by atoms with van der Waals surface area (Å²) >= 11 is 0. The van der Waals surface area contributed by atoms with E-state index in [9.17, 15) is 4.79 Å². The van der Waals surface area contributed by atoms with Gasteiger partial charge in [0.25, 0.3) is 0 Å². The van der Waals surface area contributed by atoms with Gasteiger partial charge in [0.05, 0.1) is 6.61 Å². The van der Waals surface area contributed by atoms with Crippen LogP contribution in [0.5, 0.6) is 0 Å². The lowest BCUT2D eigenvalue weighted by Gasteiger charge is -2.16. The molecule has 0 saturated carbocycles. The number of hydrogen-bond donors (Lipinski definition) is 2. The Bertz CT molecular complexity index is 217. The average molecular weight is 299 g/mol. The van der Waals surface area contributed by atoms with Gasteiger partial charge in [-0.05, 0) is 12.8 Å². The topological polar surface area (TPSA) is 49.3 Å². The zero-order valence-corrected chi connectivity index (χ0v) is 14.3. The van der Waals surface area contributed by atoms with Crippen molar-refractivity contribution in [3.8, 4) is 0 Å². The average Bonchev–Trinajstić information content (AvgIpc) is 2.50. The molecule has 0 atom stereocenters. The van der Waals surface area contributed by atoms with Crippen molar-refractivity contribution in [1.29, 1.82) is 0 Å². The summed E-state index contributed by atoms with van der Waals surface area (Å²) in [5, 5.41) is 11.7. The summed E-state index contributed by atoms with van der Waals surface area (Å²) in [5.74, 6) is 0.301. The maximum atomic E-state index is 12.1. The van der Waals surface area contributed by atoms with Gasteiger partial charge in [0.2, 0.25) is 5.91 Å². The monoisotopic (exact) mass is 299 g/mol. The third kappa shape index (κ3) is 12.9. The molecule has 0 unspecified atom stereocenters. The number of hydrogen-bond acceptors (Lipinski definition) is 2. The molecule has 0 saturated heterocycles. The smallest absolute Gasteiger partial charge is 0.223 e. The Kier molecular flexibility index (Phi) is 15.4. The predicted molar refractivity (Wildman–Crippen MR) is 90.3 cm³/mol. The molecule has 3 nitrogen and oxygen atoms in total. The van der Waals surface area contributed by atoms with Crippen molar-refractivity contribution in [2.24, 2.45) is 5.92 Å². The van der Waals surface area contributed by atoms with Crippen LogP contribution >= 0.6 is 0 Å². The highest BCUT2D eigenvalue weighted by atomic mass is 16.3. The Hall–Kier alpha value is -0.570. The predicted octanol–water partition coefficient (Wildman–Crippen LogP) is 4.43. The van der Waals surface area contributed by atoms with Crippen LogP contribution in [0.3, 0.4) is 0 Å². The molecule has 0 aromatic rings. The fraction of sp³-hybridized carbons (Fsp3) is 0.944. The minimum absolute atomic E-state index is 0.0332. The molecule has 2 N–H and O–H groups in total. The van der Waals surface area contributed by atoms with Crippen LogP contribution < -0.4 is 5.32 Å². The molecule has 0 bridgehead atoms. The van der Waals surface area contributed by atoms with Crippen LogP contribution in [0.2, 0.25) is 0 Å². The number of aliphatic hydroxyl groups excluding tert-OH is 1. The summed E-state index contributed by atoms with van der Waals surface area (Å²) in [6.07, 6.45) is 14.5. The van der Waals surface area contributed by atoms with E-state index in [-0.39, 0.29) is 18.4 Å². The van der Waals surface area contributed by atoms with Crippen LogP contribution in [0, 0.1) is 5.92 Å². The van der Waals surface area contributed by atoms with Gasteiger partial charge < -0.3 is 10.4 Å². The molecule has 0 aliphatic heterocycles. The van der Waals surface area contributed by atoms with Crippen molar-refractivity contribution < 1.29 is 9.90 Å². The zero-order chi connectivity index (χ0) is 15.8. The molecule has 0 aliphatic rings. The maximum absolute atomic E-state index is 12.1. The third-order valence-corrected chi connectivity index (χ3v) is 4.09. The SMILES string of the molecule is CCCCCCCC(CCCCCCC)C(=O)NCCO. The van der Waals surface area contributed by atoms with Crippen molar-refractivity contribution in [1.82, 2.24) is 5.32 Å². The Morgan fingerprint density at radius 2 is 1.33 bits per heavy atom. The lowest BCUT2D eigenvalue weighted by molar-refractivity contribution is -0.125. The van der Waals surface area contributed by atoms with E-state index in [1.807, 2.05) is 0 Å². The second kappa shape index (κ2) is 15.8. The van der Waals surface area contributed by atoms with Crippen LogP contribution in [0.15, 0.2) is 0 Å². The normalized spacial score (nSPS) is 11.0. The van der Waals surface area contributed by atoms with Gasteiger partial charge in [0, 0.05) is 12.5 Å². The van der Waals surface area contributed by atoms with E-state index < -0.39 is 0 Å². The largest absolute Gasteiger partial charge is 0.395 e. The lowest BCUT2D eigenvalue weighted by atomic mass is 9.93. The van der Waals surface area contributed by atoms with E-state index >= 15 is 0 Å². The minimum Gasteiger partial charge on any atom is -0.395 e. The molecule has 21 heavy (non-hydrogen) atoms. The molecule has 0 radical (unpaired) electrons. The number of rotatable bonds is 15. The first-order valence-corrected chi connectivity index (χ1v) is 9.14. The fourth-order valence-corrected chi connectivity index (χ4v) is 2.72. The van der Waals surface area contributed by atoms with E-state index in [0.717, 1.165) is 25.7 Å². The van der Waals surface area contributed by atoms with Crippen LogP contribution in [0.1, 0.15) is 90.9 Å². The molecule has 0 aromatic carbocycles. The number of carbonyl (C=O) groups is 1. The third-order valence-electron chi connectivity index (χ3n) is 4.09. The van der Waals surface area contributed by atoms with Crippen molar-refractivity contribution >= 4 is 5.91 Å². The molecule has 0 aromatic heterocycles. The number of nitrogens with one attached hydrogen (secondary N) is 1. The molecule has 0 heterocycles. The molecular weight excluding hydrogens is 262 g/mol. The summed E-state index contributed by atoms with van der Waals surface area (Å²) in [6.45, 7) is 4.87. The molecular formula is C18H37NO2. The number of unbranched alkanes of at least 4 members (excludes halogenated alkanes) is 8. The standard InChI is InChI=1S/C18H37NO2/c1-3-5-7-9-11-13-17(18(21)19-15-16-20)14-12-10-8-6-4-2/h17,20H,3-16H2,1-2H3,(H,19,21). The molecule has 0 aliphatic carbocycles. The Morgan fingerprint density at radius 3 is 1.76 bits per heavy atom. The second-order valence-electron chi connectivity index (χ2n) is 6.12. The van der Waals surface area contributed by atoms with Gasteiger partial charge in [-0.1, -0.05) is 78.1 Å². The van der Waals surface area contributed by atoms with Crippen molar-refractivity contribution in [2.45, 2.75) is 90.9 Å². The summed E-state index contributed by atoms with van der Waals surface area (Å²) in [6, 6.07) is 0. The van der Waals surface area contributed by atoms with Gasteiger partial charge in [-0.2, -0.15) is 0 Å². The van der Waals surface area contributed by atoms with E-state index in [0.29, 0.717) is 6.54 Å². The second-order valence-corrected chi connectivity index (χ2v) is 6.12. The van der Waals surface area contributed by atoms with Crippen molar-refractivity contribution in [3.05, 3.63) is 0 Å². The van der Waals surface area contributed by atoms with Crippen LogP contribution in [-0.2, 0) is 4.79 Å². The Balaban J connectivity index is 3.93. The van der Waals surface area contributed by atoms with E-state index in [2.05, 4.69) is 19.2 Å². The molecule has 1 amide bonds. The first-order valence-electron chi connectivity index (χ1n) is 9.14. The van der Waals surface area contributed by atoms with Gasteiger partial charge in [-0.25, -0.2) is 0 Å². The van der Waals surface area contributed by atoms with Crippen LogP contribution in [0.4, 0.5) is 0 Å². The van der Waals surface area contributed by atoms with Crippen LogP contribution in [-0.4, -0.2) is 24.2 Å². The lowest BCUT2D eigenvalue weighted by Crippen LogP contribution is -2.32. The number of amides is 1. The van der Waals surface area contributed by atoms with Gasteiger partial charge in [0.1, 0.15) is 0 Å². The Morgan fingerprint density at radius 1 is 0.857 bits per heavy atom. The first-order chi connectivity index (χ1) is 10.3. The van der Waals surface area contributed by atoms with E-state index in [1.165, 1.54) is 51.4 Å². The zero-order valence-electron chi connectivity index (χ0n) is 14.3. The summed E-state index contributed by atoms with van der Waals surface area (Å²) in [5.41, 5.74) is 0. The maximum Gasteiger partial charge on any atom is 0.223 e. The van der Waals surface area contributed by atoms with Gasteiger partial charge >= 0.3 is 0 Å². The first kappa shape index (κ1) is 20.4. The number of carbonyl (C=O) groups excluding carboxylic acids is 1. The van der Waals surface area contributed by atoms with E-state index in [4.69, 9.17) is 5.11 Å². The molecule has 3 heteroatoms. The molecule has 126 valence electrons. The van der Waals surface area contributed by atoms with E-state index in [1.54, 1.807) is 0 Å².